The average Bonchev–Trinajstić information content (AvgIpc) is 3.15. The fourth-order valence-corrected chi connectivity index (χ4v) is 4.21. The highest BCUT2D eigenvalue weighted by Crippen LogP contribution is 2.42. The molecule has 0 aliphatic carbocycles. The predicted molar refractivity (Wildman–Crippen MR) is 103 cm³/mol. The van der Waals surface area contributed by atoms with Crippen LogP contribution in [-0.2, 0) is 11.4 Å². The van der Waals surface area contributed by atoms with Crippen molar-refractivity contribution in [1.82, 2.24) is 0 Å². The van der Waals surface area contributed by atoms with Gasteiger partial charge >= 0.3 is 0 Å². The lowest BCUT2D eigenvalue weighted by atomic mass is 9.90. The van der Waals surface area contributed by atoms with E-state index in [0.717, 1.165) is 16.1 Å². The largest absolute Gasteiger partial charge is 0.493 e. The van der Waals surface area contributed by atoms with E-state index in [-0.39, 0.29) is 24.2 Å². The van der Waals surface area contributed by atoms with Gasteiger partial charge in [0.15, 0.2) is 11.5 Å². The summed E-state index contributed by atoms with van der Waals surface area (Å²) in [6, 6.07) is 14.1. The Labute approximate surface area is 160 Å². The van der Waals surface area contributed by atoms with Crippen LogP contribution in [0.2, 0.25) is 0 Å². The maximum atomic E-state index is 13.8. The molecule has 1 N–H and O–H groups in total. The molecule has 1 aliphatic heterocycles. The maximum Gasteiger partial charge on any atom is 0.225 e. The van der Waals surface area contributed by atoms with E-state index in [2.05, 4.69) is 5.32 Å². The summed E-state index contributed by atoms with van der Waals surface area (Å²) in [6.45, 7) is 0.114. The molecule has 0 radical (unpaired) electrons. The number of amides is 1. The van der Waals surface area contributed by atoms with Crippen LogP contribution in [0.4, 0.5) is 10.1 Å². The molecule has 0 spiro atoms. The summed E-state index contributed by atoms with van der Waals surface area (Å²) in [5, 5.41) is 4.88. The molecule has 6 heteroatoms. The van der Waals surface area contributed by atoms with E-state index in [1.807, 2.05) is 29.6 Å². The molecule has 2 aromatic carbocycles. The topological polar surface area (TPSA) is 47.6 Å². The molecule has 0 bridgehead atoms. The second-order valence-electron chi connectivity index (χ2n) is 6.29. The number of nitrogens with one attached hydrogen (secondary N) is 1. The summed E-state index contributed by atoms with van der Waals surface area (Å²) >= 11 is 1.63. The molecule has 3 aromatic rings. The van der Waals surface area contributed by atoms with Gasteiger partial charge in [-0.05, 0) is 35.2 Å². The van der Waals surface area contributed by atoms with Gasteiger partial charge in [0, 0.05) is 22.8 Å². The summed E-state index contributed by atoms with van der Waals surface area (Å²) in [4.78, 5) is 13.2. The zero-order chi connectivity index (χ0) is 18.8. The lowest BCUT2D eigenvalue weighted by Gasteiger charge is -2.23. The first-order valence-corrected chi connectivity index (χ1v) is 9.45. The minimum atomic E-state index is -0.300. The molecule has 2 heterocycles. The van der Waals surface area contributed by atoms with Crippen LogP contribution in [0.25, 0.3) is 0 Å². The van der Waals surface area contributed by atoms with Crippen LogP contribution in [0.3, 0.4) is 0 Å². The molecule has 27 heavy (non-hydrogen) atoms. The van der Waals surface area contributed by atoms with Gasteiger partial charge in [-0.25, -0.2) is 4.39 Å². The number of rotatable bonds is 5. The monoisotopic (exact) mass is 383 g/mol. The van der Waals surface area contributed by atoms with E-state index >= 15 is 0 Å². The first kappa shape index (κ1) is 17.5. The van der Waals surface area contributed by atoms with E-state index in [1.165, 1.54) is 6.07 Å². The van der Waals surface area contributed by atoms with Crippen molar-refractivity contribution in [2.75, 3.05) is 12.4 Å². The van der Waals surface area contributed by atoms with Gasteiger partial charge in [-0.3, -0.25) is 4.79 Å². The number of methoxy groups -OCH3 is 1. The SMILES string of the molecule is COc1cc([C@H]2CC(=O)Nc3ccsc32)ccc1OCc1ccccc1F. The number of hydrogen-bond donors (Lipinski definition) is 1. The Morgan fingerprint density at radius 3 is 2.85 bits per heavy atom. The van der Waals surface area contributed by atoms with Gasteiger partial charge in [-0.15, -0.1) is 11.3 Å². The van der Waals surface area contributed by atoms with Gasteiger partial charge in [-0.1, -0.05) is 24.3 Å². The van der Waals surface area contributed by atoms with Crippen molar-refractivity contribution >= 4 is 22.9 Å². The van der Waals surface area contributed by atoms with Crippen LogP contribution in [0.5, 0.6) is 11.5 Å². The number of fused-ring (bicyclic) bond motifs is 1. The molecule has 1 atom stereocenters. The highest BCUT2D eigenvalue weighted by Gasteiger charge is 2.28. The van der Waals surface area contributed by atoms with Crippen LogP contribution in [0.15, 0.2) is 53.9 Å². The summed E-state index contributed by atoms with van der Waals surface area (Å²) in [5.74, 6) is 0.795. The van der Waals surface area contributed by atoms with Crippen molar-refractivity contribution < 1.29 is 18.7 Å². The molecule has 0 unspecified atom stereocenters. The van der Waals surface area contributed by atoms with Gasteiger partial charge in [-0.2, -0.15) is 0 Å². The van der Waals surface area contributed by atoms with Crippen molar-refractivity contribution in [3.63, 3.8) is 0 Å². The number of ether oxygens (including phenoxy) is 2. The molecule has 138 valence electrons. The third kappa shape index (κ3) is 3.53. The van der Waals surface area contributed by atoms with Crippen molar-refractivity contribution in [3.05, 3.63) is 75.7 Å². The Hall–Kier alpha value is -2.86. The van der Waals surface area contributed by atoms with E-state index in [4.69, 9.17) is 9.47 Å². The molecule has 4 rings (SSSR count). The number of hydrogen-bond acceptors (Lipinski definition) is 4. The Balaban J connectivity index is 1.59. The second-order valence-corrected chi connectivity index (χ2v) is 7.24. The number of carbonyl (C=O) groups is 1. The summed E-state index contributed by atoms with van der Waals surface area (Å²) < 4.78 is 25.0. The molecule has 4 nitrogen and oxygen atoms in total. The van der Waals surface area contributed by atoms with Crippen molar-refractivity contribution in [2.45, 2.75) is 18.9 Å². The van der Waals surface area contributed by atoms with Crippen LogP contribution >= 0.6 is 11.3 Å². The number of benzene rings is 2. The molecule has 0 fully saturated rings. The summed E-state index contributed by atoms with van der Waals surface area (Å²) in [7, 11) is 1.57. The minimum Gasteiger partial charge on any atom is -0.493 e. The lowest BCUT2D eigenvalue weighted by molar-refractivity contribution is -0.116. The molecule has 0 saturated heterocycles. The minimum absolute atomic E-state index is 0.00439. The van der Waals surface area contributed by atoms with Crippen LogP contribution in [-0.4, -0.2) is 13.0 Å². The van der Waals surface area contributed by atoms with Crippen LogP contribution in [0, 0.1) is 5.82 Å². The van der Waals surface area contributed by atoms with E-state index in [9.17, 15) is 9.18 Å². The highest BCUT2D eigenvalue weighted by molar-refractivity contribution is 7.10. The normalized spacial score (nSPS) is 15.8. The summed E-state index contributed by atoms with van der Waals surface area (Å²) in [6.07, 6.45) is 0.395. The Morgan fingerprint density at radius 2 is 2.04 bits per heavy atom. The number of carbonyl (C=O) groups excluding carboxylic acids is 1. The first-order valence-electron chi connectivity index (χ1n) is 8.57. The van der Waals surface area contributed by atoms with Gasteiger partial charge in [0.25, 0.3) is 0 Å². The van der Waals surface area contributed by atoms with Gasteiger partial charge in [0.05, 0.1) is 12.8 Å². The van der Waals surface area contributed by atoms with Crippen LogP contribution in [0.1, 0.15) is 28.3 Å². The zero-order valence-corrected chi connectivity index (χ0v) is 15.5. The first-order chi connectivity index (χ1) is 13.2. The van der Waals surface area contributed by atoms with Gasteiger partial charge in [0.2, 0.25) is 5.91 Å². The van der Waals surface area contributed by atoms with E-state index in [1.54, 1.807) is 36.6 Å². The molecule has 1 amide bonds. The van der Waals surface area contributed by atoms with Crippen LogP contribution < -0.4 is 14.8 Å². The zero-order valence-electron chi connectivity index (χ0n) is 14.7. The lowest BCUT2D eigenvalue weighted by Crippen LogP contribution is -2.21. The standard InChI is InChI=1S/C21H18FNO3S/c1-25-19-10-13(15-11-20(24)23-17-8-9-27-21(15)17)6-7-18(19)26-12-14-4-2-3-5-16(14)22/h2-10,15H,11-12H2,1H3,(H,23,24)/t15-/m1/s1. The maximum absolute atomic E-state index is 13.8. The Bertz CT molecular complexity index is 985. The third-order valence-corrected chi connectivity index (χ3v) is 5.64. The van der Waals surface area contributed by atoms with E-state index < -0.39 is 0 Å². The fraction of sp³-hybridized carbons (Fsp3) is 0.190. The summed E-state index contributed by atoms with van der Waals surface area (Å²) in [5.41, 5.74) is 2.35. The molecular formula is C21H18FNO3S. The number of anilines is 1. The van der Waals surface area contributed by atoms with Gasteiger partial charge < -0.3 is 14.8 Å². The second kappa shape index (κ2) is 7.40. The quantitative estimate of drug-likeness (QED) is 0.678. The fourth-order valence-electron chi connectivity index (χ4n) is 3.23. The number of thiophene rings is 1. The van der Waals surface area contributed by atoms with Crippen molar-refractivity contribution in [1.29, 1.82) is 0 Å². The molecule has 1 aromatic heterocycles. The smallest absolute Gasteiger partial charge is 0.225 e. The van der Waals surface area contributed by atoms with Crippen molar-refractivity contribution in [3.8, 4) is 11.5 Å². The number of halogens is 1. The highest BCUT2D eigenvalue weighted by atomic mass is 32.1. The Morgan fingerprint density at radius 1 is 1.19 bits per heavy atom. The van der Waals surface area contributed by atoms with E-state index in [0.29, 0.717) is 23.5 Å². The molecular weight excluding hydrogens is 365 g/mol. The van der Waals surface area contributed by atoms with Gasteiger partial charge in [0.1, 0.15) is 12.4 Å². The third-order valence-electron chi connectivity index (χ3n) is 4.61. The predicted octanol–water partition coefficient (Wildman–Crippen LogP) is 4.95. The van der Waals surface area contributed by atoms with Crippen molar-refractivity contribution in [2.24, 2.45) is 0 Å². The average molecular weight is 383 g/mol. The Kier molecular flexibility index (Phi) is 4.81. The molecule has 1 aliphatic rings. The molecule has 0 saturated carbocycles.